The molecule has 1 saturated heterocycles. The summed E-state index contributed by atoms with van der Waals surface area (Å²) in [6.45, 7) is 2.69. The number of likely N-dealkylation sites (tertiary alicyclic amines) is 1. The summed E-state index contributed by atoms with van der Waals surface area (Å²) in [4.78, 5) is 13.7. The van der Waals surface area contributed by atoms with Crippen LogP contribution in [0.25, 0.3) is 0 Å². The van der Waals surface area contributed by atoms with Gasteiger partial charge in [-0.3, -0.25) is 4.79 Å². The molecule has 1 fully saturated rings. The number of halogens is 3. The highest BCUT2D eigenvalue weighted by Gasteiger charge is 2.29. The monoisotopic (exact) mass is 351 g/mol. The van der Waals surface area contributed by atoms with Gasteiger partial charge < -0.3 is 14.7 Å². The third kappa shape index (κ3) is 4.39. The molecule has 1 aliphatic heterocycles. The Labute approximate surface area is 138 Å². The molecular formula is C14H16Cl3NO3. The van der Waals surface area contributed by atoms with Crippen LogP contribution in [0.4, 0.5) is 0 Å². The molecule has 116 valence electrons. The minimum absolute atomic E-state index is 0.125. The number of carbonyl (C=O) groups is 1. The Hall–Kier alpha value is -0.680. The second-order valence-electron chi connectivity index (χ2n) is 5.36. The summed E-state index contributed by atoms with van der Waals surface area (Å²) in [5, 5.41) is 10.8. The van der Waals surface area contributed by atoms with Gasteiger partial charge in [-0.2, -0.15) is 0 Å². The number of rotatable bonds is 3. The predicted octanol–water partition coefficient (Wildman–Crippen LogP) is 3.40. The molecular weight excluding hydrogens is 337 g/mol. The summed E-state index contributed by atoms with van der Waals surface area (Å²) in [6.07, 6.45) is 1.12. The fourth-order valence-corrected chi connectivity index (χ4v) is 2.67. The van der Waals surface area contributed by atoms with E-state index in [1.54, 1.807) is 11.8 Å². The van der Waals surface area contributed by atoms with Crippen LogP contribution in [0.1, 0.15) is 19.8 Å². The zero-order valence-corrected chi connectivity index (χ0v) is 13.8. The molecule has 21 heavy (non-hydrogen) atoms. The molecule has 0 saturated carbocycles. The van der Waals surface area contributed by atoms with Crippen LogP contribution in [-0.4, -0.2) is 41.2 Å². The van der Waals surface area contributed by atoms with E-state index in [0.29, 0.717) is 46.7 Å². The number of nitrogens with zero attached hydrogens (tertiary/aromatic N) is 1. The fraction of sp³-hybridized carbons (Fsp3) is 0.500. The lowest BCUT2D eigenvalue weighted by Crippen LogP contribution is -2.46. The Morgan fingerprint density at radius 1 is 1.24 bits per heavy atom. The topological polar surface area (TPSA) is 49.8 Å². The summed E-state index contributed by atoms with van der Waals surface area (Å²) in [5.74, 6) is 0.177. The molecule has 0 unspecified atom stereocenters. The van der Waals surface area contributed by atoms with Crippen LogP contribution in [-0.2, 0) is 4.79 Å². The zero-order valence-electron chi connectivity index (χ0n) is 11.5. The molecule has 1 aromatic carbocycles. The molecule has 1 aromatic rings. The first kappa shape index (κ1) is 16.7. The summed E-state index contributed by atoms with van der Waals surface area (Å²) < 4.78 is 5.41. The van der Waals surface area contributed by atoms with Gasteiger partial charge in [0, 0.05) is 19.2 Å². The van der Waals surface area contributed by atoms with Crippen molar-refractivity contribution in [3.05, 3.63) is 27.2 Å². The minimum Gasteiger partial charge on any atom is -0.482 e. The van der Waals surface area contributed by atoms with Gasteiger partial charge in [0.15, 0.2) is 6.61 Å². The maximum absolute atomic E-state index is 12.1. The van der Waals surface area contributed by atoms with Crippen LogP contribution in [0.3, 0.4) is 0 Å². The average molecular weight is 353 g/mol. The van der Waals surface area contributed by atoms with Crippen LogP contribution in [0.2, 0.25) is 15.1 Å². The lowest BCUT2D eigenvalue weighted by atomic mass is 9.94. The van der Waals surface area contributed by atoms with Crippen LogP contribution in [0.15, 0.2) is 12.1 Å². The van der Waals surface area contributed by atoms with Crippen LogP contribution < -0.4 is 4.74 Å². The van der Waals surface area contributed by atoms with Crippen LogP contribution >= 0.6 is 34.8 Å². The molecule has 0 bridgehead atoms. The first-order valence-corrected chi connectivity index (χ1v) is 7.69. The first-order valence-electron chi connectivity index (χ1n) is 6.56. The number of carbonyl (C=O) groups excluding carboxylic acids is 1. The summed E-state index contributed by atoms with van der Waals surface area (Å²) in [7, 11) is 0. The molecule has 1 heterocycles. The summed E-state index contributed by atoms with van der Waals surface area (Å²) in [5.41, 5.74) is -0.690. The third-order valence-electron chi connectivity index (χ3n) is 3.52. The van der Waals surface area contributed by atoms with Crippen LogP contribution in [0.5, 0.6) is 5.75 Å². The van der Waals surface area contributed by atoms with Crippen molar-refractivity contribution in [3.63, 3.8) is 0 Å². The second-order valence-corrected chi connectivity index (χ2v) is 6.58. The van der Waals surface area contributed by atoms with E-state index in [1.807, 2.05) is 0 Å². The summed E-state index contributed by atoms with van der Waals surface area (Å²) >= 11 is 17.7. The number of aliphatic hydroxyl groups is 1. The Balaban J connectivity index is 1.91. The lowest BCUT2D eigenvalue weighted by molar-refractivity contribution is -0.137. The molecule has 0 radical (unpaired) electrons. The predicted molar refractivity (Wildman–Crippen MR) is 83.4 cm³/mol. The quantitative estimate of drug-likeness (QED) is 0.848. The molecule has 0 aliphatic carbocycles. The minimum atomic E-state index is -0.690. The maximum Gasteiger partial charge on any atom is 0.260 e. The smallest absolute Gasteiger partial charge is 0.260 e. The number of ether oxygens (including phenoxy) is 1. The van der Waals surface area contributed by atoms with E-state index in [1.165, 1.54) is 12.1 Å². The van der Waals surface area contributed by atoms with Crippen molar-refractivity contribution in [2.75, 3.05) is 19.7 Å². The maximum atomic E-state index is 12.1. The van der Waals surface area contributed by atoms with E-state index in [2.05, 4.69) is 0 Å². The largest absolute Gasteiger partial charge is 0.482 e. The third-order valence-corrected chi connectivity index (χ3v) is 4.54. The molecule has 1 amide bonds. The van der Waals surface area contributed by atoms with Crippen molar-refractivity contribution >= 4 is 40.7 Å². The number of amides is 1. The van der Waals surface area contributed by atoms with Gasteiger partial charge in [0.05, 0.1) is 20.7 Å². The van der Waals surface area contributed by atoms with Crippen molar-refractivity contribution in [1.29, 1.82) is 0 Å². The Morgan fingerprint density at radius 2 is 1.81 bits per heavy atom. The first-order chi connectivity index (χ1) is 9.78. The molecule has 0 aromatic heterocycles. The van der Waals surface area contributed by atoms with Gasteiger partial charge in [0.2, 0.25) is 0 Å². The normalized spacial score (nSPS) is 17.7. The Kier molecular flexibility index (Phi) is 5.25. The van der Waals surface area contributed by atoms with Gasteiger partial charge in [-0.25, -0.2) is 0 Å². The van der Waals surface area contributed by atoms with Gasteiger partial charge in [-0.15, -0.1) is 0 Å². The second kappa shape index (κ2) is 6.61. The Bertz CT molecular complexity index is 539. The number of piperidine rings is 1. The fourth-order valence-electron chi connectivity index (χ4n) is 2.08. The number of benzene rings is 1. The van der Waals surface area contributed by atoms with Crippen molar-refractivity contribution in [2.45, 2.75) is 25.4 Å². The highest BCUT2D eigenvalue weighted by Crippen LogP contribution is 2.33. The number of hydrogen-bond donors (Lipinski definition) is 1. The van der Waals surface area contributed by atoms with Gasteiger partial charge >= 0.3 is 0 Å². The van der Waals surface area contributed by atoms with E-state index in [0.717, 1.165) is 0 Å². The molecule has 2 rings (SSSR count). The standard InChI is InChI=1S/C14H16Cl3NO3/c1-14(20)2-4-18(5-3-14)13(19)8-21-12-7-10(16)9(15)6-11(12)17/h6-7,20H,2-5,8H2,1H3. The highest BCUT2D eigenvalue weighted by molar-refractivity contribution is 6.43. The van der Waals surface area contributed by atoms with Gasteiger partial charge in [-0.1, -0.05) is 34.8 Å². The molecule has 0 atom stereocenters. The van der Waals surface area contributed by atoms with E-state index < -0.39 is 5.60 Å². The molecule has 7 heteroatoms. The van der Waals surface area contributed by atoms with Gasteiger partial charge in [0.25, 0.3) is 5.91 Å². The van der Waals surface area contributed by atoms with E-state index in [9.17, 15) is 9.90 Å². The highest BCUT2D eigenvalue weighted by atomic mass is 35.5. The van der Waals surface area contributed by atoms with Crippen molar-refractivity contribution in [2.24, 2.45) is 0 Å². The molecule has 0 spiro atoms. The average Bonchev–Trinajstić information content (AvgIpc) is 2.41. The molecule has 1 N–H and O–H groups in total. The van der Waals surface area contributed by atoms with Gasteiger partial charge in [0.1, 0.15) is 5.75 Å². The molecule has 1 aliphatic rings. The van der Waals surface area contributed by atoms with Crippen molar-refractivity contribution in [3.8, 4) is 5.75 Å². The number of hydrogen-bond acceptors (Lipinski definition) is 3. The molecule has 4 nitrogen and oxygen atoms in total. The van der Waals surface area contributed by atoms with Crippen molar-refractivity contribution in [1.82, 2.24) is 4.90 Å². The summed E-state index contributed by atoms with van der Waals surface area (Å²) in [6, 6.07) is 2.96. The SMILES string of the molecule is CC1(O)CCN(C(=O)COc2cc(Cl)c(Cl)cc2Cl)CC1. The lowest BCUT2D eigenvalue weighted by Gasteiger charge is -2.35. The van der Waals surface area contributed by atoms with Crippen molar-refractivity contribution < 1.29 is 14.6 Å². The van der Waals surface area contributed by atoms with E-state index >= 15 is 0 Å². The van der Waals surface area contributed by atoms with Gasteiger partial charge in [-0.05, 0) is 25.8 Å². The Morgan fingerprint density at radius 3 is 2.43 bits per heavy atom. The van der Waals surface area contributed by atoms with E-state index in [-0.39, 0.29) is 12.5 Å². The zero-order chi connectivity index (χ0) is 15.6. The van der Waals surface area contributed by atoms with E-state index in [4.69, 9.17) is 39.5 Å². The van der Waals surface area contributed by atoms with Crippen LogP contribution in [0, 0.1) is 0 Å².